The van der Waals surface area contributed by atoms with E-state index in [1.807, 2.05) is 0 Å². The molecule has 88 valence electrons. The fourth-order valence-corrected chi connectivity index (χ4v) is 3.56. The number of rotatable bonds is 4. The molecule has 0 radical (unpaired) electrons. The van der Waals surface area contributed by atoms with Gasteiger partial charge < -0.3 is 4.90 Å². The maximum absolute atomic E-state index is 4.98. The molecule has 0 N–H and O–H groups in total. The van der Waals surface area contributed by atoms with Gasteiger partial charge in [-0.1, -0.05) is 27.7 Å². The third kappa shape index (κ3) is 1.41. The summed E-state index contributed by atoms with van der Waals surface area (Å²) in [5.41, 5.74) is 0.399. The van der Waals surface area contributed by atoms with Crippen molar-refractivity contribution in [2.24, 2.45) is 4.99 Å². The summed E-state index contributed by atoms with van der Waals surface area (Å²) in [6.07, 6.45) is 4.66. The molecule has 1 rings (SSSR count). The number of nitrogens with zero attached hydrogens (tertiary/aromatic N) is 2. The van der Waals surface area contributed by atoms with Crippen LogP contribution in [0.4, 0.5) is 0 Å². The van der Waals surface area contributed by atoms with Crippen molar-refractivity contribution in [3.8, 4) is 0 Å². The van der Waals surface area contributed by atoms with E-state index in [0.29, 0.717) is 0 Å². The summed E-state index contributed by atoms with van der Waals surface area (Å²) in [6.45, 7) is 11.3. The molecule has 1 aliphatic heterocycles. The summed E-state index contributed by atoms with van der Waals surface area (Å²) in [5, 5.41) is 0. The molecule has 0 aromatic heterocycles. The van der Waals surface area contributed by atoms with Crippen LogP contribution in [0.25, 0.3) is 0 Å². The molecule has 15 heavy (non-hydrogen) atoms. The second-order valence-corrected chi connectivity index (χ2v) is 4.70. The lowest BCUT2D eigenvalue weighted by Gasteiger charge is -2.47. The zero-order valence-corrected chi connectivity index (χ0v) is 11.2. The topological polar surface area (TPSA) is 15.6 Å². The molecule has 0 saturated heterocycles. The van der Waals surface area contributed by atoms with Gasteiger partial charge in [0.15, 0.2) is 0 Å². The zero-order valence-electron chi connectivity index (χ0n) is 11.2. The van der Waals surface area contributed by atoms with E-state index in [4.69, 9.17) is 4.99 Å². The van der Waals surface area contributed by atoms with Gasteiger partial charge in [0.25, 0.3) is 0 Å². The van der Waals surface area contributed by atoms with Crippen molar-refractivity contribution in [2.45, 2.75) is 71.4 Å². The van der Waals surface area contributed by atoms with Gasteiger partial charge in [-0.05, 0) is 32.6 Å². The smallest absolute Gasteiger partial charge is 0.0968 e. The highest BCUT2D eigenvalue weighted by atomic mass is 15.3. The molecule has 0 spiro atoms. The molecule has 0 aromatic carbocycles. The van der Waals surface area contributed by atoms with Crippen molar-refractivity contribution in [1.82, 2.24) is 4.90 Å². The molecule has 0 amide bonds. The summed E-state index contributed by atoms with van der Waals surface area (Å²) < 4.78 is 0. The van der Waals surface area contributed by atoms with Crippen molar-refractivity contribution in [2.75, 3.05) is 7.05 Å². The van der Waals surface area contributed by atoms with Crippen LogP contribution in [0.2, 0.25) is 0 Å². The molecule has 0 aromatic rings. The van der Waals surface area contributed by atoms with Gasteiger partial charge in [0.05, 0.1) is 16.9 Å². The Labute approximate surface area is 94.8 Å². The summed E-state index contributed by atoms with van der Waals surface area (Å²) in [7, 11) is 2.21. The van der Waals surface area contributed by atoms with Gasteiger partial charge in [-0.3, -0.25) is 4.99 Å². The summed E-state index contributed by atoms with van der Waals surface area (Å²) in [4.78, 5) is 7.39. The highest BCUT2D eigenvalue weighted by Gasteiger charge is 2.53. The van der Waals surface area contributed by atoms with Crippen LogP contribution in [0.5, 0.6) is 0 Å². The van der Waals surface area contributed by atoms with Crippen molar-refractivity contribution in [3.05, 3.63) is 0 Å². The predicted molar refractivity (Wildman–Crippen MR) is 67.5 cm³/mol. The zero-order chi connectivity index (χ0) is 11.7. The number of amidine groups is 1. The molecule has 0 atom stereocenters. The largest absolute Gasteiger partial charge is 0.356 e. The van der Waals surface area contributed by atoms with Crippen molar-refractivity contribution >= 4 is 5.84 Å². The highest BCUT2D eigenvalue weighted by Crippen LogP contribution is 2.46. The van der Waals surface area contributed by atoms with E-state index in [1.54, 1.807) is 0 Å². The maximum atomic E-state index is 4.98. The van der Waals surface area contributed by atoms with E-state index in [0.717, 1.165) is 12.8 Å². The van der Waals surface area contributed by atoms with E-state index in [9.17, 15) is 0 Å². The third-order valence-corrected chi connectivity index (χ3v) is 4.71. The molecular weight excluding hydrogens is 184 g/mol. The first-order valence-corrected chi connectivity index (χ1v) is 6.33. The molecule has 0 bridgehead atoms. The van der Waals surface area contributed by atoms with Crippen LogP contribution < -0.4 is 0 Å². The number of hydrogen-bond acceptors (Lipinski definition) is 2. The molecule has 0 unspecified atom stereocenters. The standard InChI is InChI=1S/C13H26N2/c1-7-12(8-2)13(9-3,10-4)15(6)11(5)14-12/h7-10H2,1-6H3. The Morgan fingerprint density at radius 1 is 1.00 bits per heavy atom. The summed E-state index contributed by atoms with van der Waals surface area (Å²) in [5.74, 6) is 1.21. The second kappa shape index (κ2) is 4.15. The van der Waals surface area contributed by atoms with Crippen LogP contribution in [0.1, 0.15) is 60.3 Å². The van der Waals surface area contributed by atoms with Crippen LogP contribution >= 0.6 is 0 Å². The first kappa shape index (κ1) is 12.5. The average Bonchev–Trinajstić information content (AvgIpc) is 2.49. The van der Waals surface area contributed by atoms with Gasteiger partial charge in [-0.15, -0.1) is 0 Å². The minimum absolute atomic E-state index is 0.148. The number of aliphatic imine (C=N–C) groups is 1. The molecular formula is C13H26N2. The fraction of sp³-hybridized carbons (Fsp3) is 0.923. The Bertz CT molecular complexity index is 247. The molecule has 1 aliphatic rings. The maximum Gasteiger partial charge on any atom is 0.0968 e. The van der Waals surface area contributed by atoms with Crippen LogP contribution in [0, 0.1) is 0 Å². The fourth-order valence-electron chi connectivity index (χ4n) is 3.56. The van der Waals surface area contributed by atoms with Gasteiger partial charge in [0, 0.05) is 7.05 Å². The lowest BCUT2D eigenvalue weighted by molar-refractivity contribution is 0.0976. The Morgan fingerprint density at radius 3 is 1.73 bits per heavy atom. The predicted octanol–water partition coefficient (Wildman–Crippen LogP) is 3.47. The number of likely N-dealkylation sites (N-methyl/N-ethyl adjacent to an activating group) is 1. The van der Waals surface area contributed by atoms with Gasteiger partial charge >= 0.3 is 0 Å². The van der Waals surface area contributed by atoms with Crippen molar-refractivity contribution in [1.29, 1.82) is 0 Å². The molecule has 0 fully saturated rings. The van der Waals surface area contributed by atoms with E-state index in [-0.39, 0.29) is 11.1 Å². The van der Waals surface area contributed by atoms with Gasteiger partial charge in [0.2, 0.25) is 0 Å². The summed E-state index contributed by atoms with van der Waals surface area (Å²) in [6, 6.07) is 0. The molecule has 2 nitrogen and oxygen atoms in total. The Morgan fingerprint density at radius 2 is 1.47 bits per heavy atom. The monoisotopic (exact) mass is 210 g/mol. The lowest BCUT2D eigenvalue weighted by atomic mass is 9.70. The second-order valence-electron chi connectivity index (χ2n) is 4.70. The molecule has 0 saturated carbocycles. The van der Waals surface area contributed by atoms with Crippen LogP contribution in [0.3, 0.4) is 0 Å². The Kier molecular flexibility index (Phi) is 3.47. The molecule has 1 heterocycles. The van der Waals surface area contributed by atoms with Crippen molar-refractivity contribution in [3.63, 3.8) is 0 Å². The van der Waals surface area contributed by atoms with Gasteiger partial charge in [-0.2, -0.15) is 0 Å². The first-order valence-electron chi connectivity index (χ1n) is 6.33. The van der Waals surface area contributed by atoms with E-state index in [1.165, 1.54) is 18.7 Å². The van der Waals surface area contributed by atoms with E-state index >= 15 is 0 Å². The van der Waals surface area contributed by atoms with E-state index in [2.05, 4.69) is 46.6 Å². The average molecular weight is 210 g/mol. The van der Waals surface area contributed by atoms with Gasteiger partial charge in [-0.25, -0.2) is 0 Å². The van der Waals surface area contributed by atoms with Crippen molar-refractivity contribution < 1.29 is 0 Å². The number of hydrogen-bond donors (Lipinski definition) is 0. The Balaban J connectivity index is 3.23. The quantitative estimate of drug-likeness (QED) is 0.693. The molecule has 2 heteroatoms. The summed E-state index contributed by atoms with van der Waals surface area (Å²) >= 11 is 0. The first-order chi connectivity index (χ1) is 7.03. The third-order valence-electron chi connectivity index (χ3n) is 4.71. The highest BCUT2D eigenvalue weighted by molar-refractivity contribution is 5.83. The lowest BCUT2D eigenvalue weighted by Crippen LogP contribution is -2.57. The van der Waals surface area contributed by atoms with Gasteiger partial charge in [0.1, 0.15) is 0 Å². The van der Waals surface area contributed by atoms with Crippen LogP contribution in [-0.2, 0) is 0 Å². The van der Waals surface area contributed by atoms with Crippen LogP contribution in [-0.4, -0.2) is 28.9 Å². The molecule has 0 aliphatic carbocycles. The normalized spacial score (nSPS) is 23.1. The Hall–Kier alpha value is -0.530. The minimum Gasteiger partial charge on any atom is -0.356 e. The van der Waals surface area contributed by atoms with E-state index < -0.39 is 0 Å². The SMILES string of the molecule is CCC1(CC)N=C(C)N(C)C1(CC)CC. The van der Waals surface area contributed by atoms with Crippen LogP contribution in [0.15, 0.2) is 4.99 Å². The minimum atomic E-state index is 0.148.